The summed E-state index contributed by atoms with van der Waals surface area (Å²) in [5.74, 6) is 0.879. The van der Waals surface area contributed by atoms with Crippen LogP contribution < -0.4 is 10.1 Å². The van der Waals surface area contributed by atoms with Crippen molar-refractivity contribution in [3.63, 3.8) is 0 Å². The highest BCUT2D eigenvalue weighted by atomic mass is 16.5. The van der Waals surface area contributed by atoms with Crippen LogP contribution in [0.25, 0.3) is 0 Å². The largest absolute Gasteiger partial charge is 0.490 e. The van der Waals surface area contributed by atoms with Gasteiger partial charge in [0.15, 0.2) is 0 Å². The second-order valence-corrected chi connectivity index (χ2v) is 6.09. The quantitative estimate of drug-likeness (QED) is 0.848. The number of nitrogens with one attached hydrogen (secondary N) is 1. The van der Waals surface area contributed by atoms with Crippen molar-refractivity contribution in [1.29, 1.82) is 0 Å². The lowest BCUT2D eigenvalue weighted by Gasteiger charge is -2.14. The van der Waals surface area contributed by atoms with Gasteiger partial charge in [-0.2, -0.15) is 0 Å². The Morgan fingerprint density at radius 2 is 1.83 bits per heavy atom. The Morgan fingerprint density at radius 3 is 2.61 bits per heavy atom. The fourth-order valence-corrected chi connectivity index (χ4v) is 2.97. The molecule has 1 aliphatic carbocycles. The summed E-state index contributed by atoms with van der Waals surface area (Å²) in [4.78, 5) is 12.1. The number of benzene rings is 2. The van der Waals surface area contributed by atoms with Gasteiger partial charge in [0.25, 0.3) is 0 Å². The van der Waals surface area contributed by atoms with Crippen LogP contribution in [-0.4, -0.2) is 12.0 Å². The SMILES string of the molecule is O=C(CCc1ccccc1)Nc1cccc(OC2CCCC2)c1. The van der Waals surface area contributed by atoms with Crippen molar-refractivity contribution in [3.8, 4) is 5.75 Å². The summed E-state index contributed by atoms with van der Waals surface area (Å²) in [6.45, 7) is 0. The molecule has 2 aromatic carbocycles. The molecule has 1 aliphatic rings. The number of aryl methyl sites for hydroxylation is 1. The van der Waals surface area contributed by atoms with E-state index in [1.165, 1.54) is 18.4 Å². The van der Waals surface area contributed by atoms with E-state index in [9.17, 15) is 4.79 Å². The minimum absolute atomic E-state index is 0.0341. The van der Waals surface area contributed by atoms with Gasteiger partial charge >= 0.3 is 0 Å². The van der Waals surface area contributed by atoms with Crippen molar-refractivity contribution >= 4 is 11.6 Å². The van der Waals surface area contributed by atoms with E-state index in [4.69, 9.17) is 4.74 Å². The number of hydrogen-bond donors (Lipinski definition) is 1. The van der Waals surface area contributed by atoms with Gasteiger partial charge in [0, 0.05) is 18.2 Å². The second-order valence-electron chi connectivity index (χ2n) is 6.09. The van der Waals surface area contributed by atoms with Crippen LogP contribution >= 0.6 is 0 Å². The first-order chi connectivity index (χ1) is 11.3. The number of carbonyl (C=O) groups excluding carboxylic acids is 1. The second kappa shape index (κ2) is 7.82. The zero-order valence-corrected chi connectivity index (χ0v) is 13.3. The monoisotopic (exact) mass is 309 g/mol. The molecule has 0 heterocycles. The van der Waals surface area contributed by atoms with Gasteiger partial charge in [-0.05, 0) is 49.8 Å². The normalized spacial score (nSPS) is 14.6. The molecule has 1 saturated carbocycles. The van der Waals surface area contributed by atoms with Crippen molar-refractivity contribution < 1.29 is 9.53 Å². The van der Waals surface area contributed by atoms with Crippen LogP contribution in [0.3, 0.4) is 0 Å². The first kappa shape index (κ1) is 15.6. The third-order valence-corrected chi connectivity index (χ3v) is 4.21. The number of ether oxygens (including phenoxy) is 1. The molecule has 0 radical (unpaired) electrons. The van der Waals surface area contributed by atoms with E-state index >= 15 is 0 Å². The maximum atomic E-state index is 12.1. The molecule has 0 saturated heterocycles. The summed E-state index contributed by atoms with van der Waals surface area (Å²) in [5, 5.41) is 2.96. The van der Waals surface area contributed by atoms with Crippen LogP contribution in [0, 0.1) is 0 Å². The molecular formula is C20H23NO2. The van der Waals surface area contributed by atoms with Crippen molar-refractivity contribution in [1.82, 2.24) is 0 Å². The molecule has 3 nitrogen and oxygen atoms in total. The molecule has 0 atom stereocenters. The average molecular weight is 309 g/mol. The lowest BCUT2D eigenvalue weighted by atomic mass is 10.1. The minimum Gasteiger partial charge on any atom is -0.490 e. The highest BCUT2D eigenvalue weighted by Crippen LogP contribution is 2.25. The van der Waals surface area contributed by atoms with Gasteiger partial charge in [-0.25, -0.2) is 0 Å². The third kappa shape index (κ3) is 4.85. The number of carbonyl (C=O) groups is 1. The Balaban J connectivity index is 1.51. The summed E-state index contributed by atoms with van der Waals surface area (Å²) in [7, 11) is 0. The van der Waals surface area contributed by atoms with E-state index in [2.05, 4.69) is 5.32 Å². The highest BCUT2D eigenvalue weighted by Gasteiger charge is 2.16. The Bertz CT molecular complexity index is 633. The molecule has 2 aromatic rings. The topological polar surface area (TPSA) is 38.3 Å². The van der Waals surface area contributed by atoms with Gasteiger partial charge in [-0.15, -0.1) is 0 Å². The zero-order chi connectivity index (χ0) is 15.9. The molecule has 0 bridgehead atoms. The van der Waals surface area contributed by atoms with Crippen molar-refractivity contribution in [3.05, 3.63) is 60.2 Å². The zero-order valence-electron chi connectivity index (χ0n) is 13.3. The highest BCUT2D eigenvalue weighted by molar-refractivity contribution is 5.91. The van der Waals surface area contributed by atoms with Crippen LogP contribution in [0.1, 0.15) is 37.7 Å². The summed E-state index contributed by atoms with van der Waals surface area (Å²) in [6, 6.07) is 17.8. The first-order valence-electron chi connectivity index (χ1n) is 8.40. The van der Waals surface area contributed by atoms with Gasteiger partial charge in [0.05, 0.1) is 6.10 Å². The van der Waals surface area contributed by atoms with Crippen LogP contribution in [0.2, 0.25) is 0 Å². The Morgan fingerprint density at radius 1 is 1.04 bits per heavy atom. The third-order valence-electron chi connectivity index (χ3n) is 4.21. The predicted molar refractivity (Wildman–Crippen MR) is 92.7 cm³/mol. The number of anilines is 1. The number of hydrogen-bond acceptors (Lipinski definition) is 2. The minimum atomic E-state index is 0.0341. The first-order valence-corrected chi connectivity index (χ1v) is 8.40. The summed E-state index contributed by atoms with van der Waals surface area (Å²) < 4.78 is 5.98. The Kier molecular flexibility index (Phi) is 5.30. The molecule has 3 heteroatoms. The standard InChI is InChI=1S/C20H23NO2/c22-20(14-13-16-7-2-1-3-8-16)21-17-9-6-12-19(15-17)23-18-10-4-5-11-18/h1-3,6-9,12,15,18H,4-5,10-11,13-14H2,(H,21,22). The average Bonchev–Trinajstić information content (AvgIpc) is 3.07. The van der Waals surface area contributed by atoms with Crippen molar-refractivity contribution in [2.45, 2.75) is 44.6 Å². The van der Waals surface area contributed by atoms with E-state index in [-0.39, 0.29) is 5.91 Å². The van der Waals surface area contributed by atoms with Gasteiger partial charge in [0.1, 0.15) is 5.75 Å². The van der Waals surface area contributed by atoms with E-state index in [0.717, 1.165) is 30.7 Å². The van der Waals surface area contributed by atoms with Crippen molar-refractivity contribution in [2.24, 2.45) is 0 Å². The van der Waals surface area contributed by atoms with Gasteiger partial charge in [0.2, 0.25) is 5.91 Å². The summed E-state index contributed by atoms with van der Waals surface area (Å²) >= 11 is 0. The molecule has 1 fully saturated rings. The number of rotatable bonds is 6. The Hall–Kier alpha value is -2.29. The molecule has 3 rings (SSSR count). The molecule has 0 aliphatic heterocycles. The smallest absolute Gasteiger partial charge is 0.224 e. The van der Waals surface area contributed by atoms with E-state index in [1.54, 1.807) is 0 Å². The van der Waals surface area contributed by atoms with Crippen LogP contribution in [0.4, 0.5) is 5.69 Å². The summed E-state index contributed by atoms with van der Waals surface area (Å²) in [5.41, 5.74) is 1.99. The maximum absolute atomic E-state index is 12.1. The summed E-state index contributed by atoms with van der Waals surface area (Å²) in [6.07, 6.45) is 6.34. The molecule has 23 heavy (non-hydrogen) atoms. The van der Waals surface area contributed by atoms with E-state index in [0.29, 0.717) is 12.5 Å². The van der Waals surface area contributed by atoms with Gasteiger partial charge < -0.3 is 10.1 Å². The Labute approximate surface area is 137 Å². The lowest BCUT2D eigenvalue weighted by Crippen LogP contribution is -2.13. The van der Waals surface area contributed by atoms with Crippen LogP contribution in [-0.2, 0) is 11.2 Å². The van der Waals surface area contributed by atoms with Crippen LogP contribution in [0.5, 0.6) is 5.75 Å². The molecule has 1 N–H and O–H groups in total. The maximum Gasteiger partial charge on any atom is 0.224 e. The predicted octanol–water partition coefficient (Wildman–Crippen LogP) is 4.58. The molecule has 120 valence electrons. The van der Waals surface area contributed by atoms with Crippen LogP contribution in [0.15, 0.2) is 54.6 Å². The molecule has 0 aromatic heterocycles. The molecule has 0 spiro atoms. The lowest BCUT2D eigenvalue weighted by molar-refractivity contribution is -0.116. The molecule has 0 unspecified atom stereocenters. The number of amides is 1. The van der Waals surface area contributed by atoms with Crippen molar-refractivity contribution in [2.75, 3.05) is 5.32 Å². The van der Waals surface area contributed by atoms with E-state index < -0.39 is 0 Å². The van der Waals surface area contributed by atoms with Gasteiger partial charge in [-0.1, -0.05) is 36.4 Å². The molecular weight excluding hydrogens is 286 g/mol. The fourth-order valence-electron chi connectivity index (χ4n) is 2.97. The van der Waals surface area contributed by atoms with Gasteiger partial charge in [-0.3, -0.25) is 4.79 Å². The van der Waals surface area contributed by atoms with E-state index in [1.807, 2.05) is 54.6 Å². The molecule has 1 amide bonds. The fraction of sp³-hybridized carbons (Fsp3) is 0.350.